The van der Waals surface area contributed by atoms with Crippen molar-refractivity contribution in [3.05, 3.63) is 59.4 Å². The van der Waals surface area contributed by atoms with Crippen LogP contribution < -0.4 is 10.1 Å². The fourth-order valence-electron chi connectivity index (χ4n) is 1.66. The Morgan fingerprint density at radius 1 is 1.05 bits per heavy atom. The summed E-state index contributed by atoms with van der Waals surface area (Å²) < 4.78 is 45.5. The standard InChI is InChI=1S/C14H12F3NO/c1-18-8-9-5-12(16)14(13(17)6-9)19-11-4-2-3-10(15)7-11/h2-7,18H,8H2,1H3. The van der Waals surface area contributed by atoms with Crippen LogP contribution in [0.4, 0.5) is 13.2 Å². The Bertz CT molecular complexity index is 564. The number of hydrogen-bond donors (Lipinski definition) is 1. The van der Waals surface area contributed by atoms with Gasteiger partial charge in [0.15, 0.2) is 17.4 Å². The minimum Gasteiger partial charge on any atom is -0.451 e. The Labute approximate surface area is 108 Å². The van der Waals surface area contributed by atoms with Crippen molar-refractivity contribution in [3.8, 4) is 11.5 Å². The van der Waals surface area contributed by atoms with Crippen molar-refractivity contribution in [1.29, 1.82) is 0 Å². The molecule has 2 nitrogen and oxygen atoms in total. The number of hydrogen-bond acceptors (Lipinski definition) is 2. The van der Waals surface area contributed by atoms with Gasteiger partial charge in [0.05, 0.1) is 0 Å². The van der Waals surface area contributed by atoms with Gasteiger partial charge in [-0.3, -0.25) is 0 Å². The van der Waals surface area contributed by atoms with Crippen molar-refractivity contribution < 1.29 is 17.9 Å². The quantitative estimate of drug-likeness (QED) is 0.913. The molecule has 0 fully saturated rings. The van der Waals surface area contributed by atoms with Gasteiger partial charge in [0.1, 0.15) is 11.6 Å². The van der Waals surface area contributed by atoms with Crippen LogP contribution in [0.15, 0.2) is 36.4 Å². The molecule has 5 heteroatoms. The van der Waals surface area contributed by atoms with E-state index >= 15 is 0 Å². The molecule has 1 N–H and O–H groups in total. The lowest BCUT2D eigenvalue weighted by Gasteiger charge is -2.09. The first-order valence-electron chi connectivity index (χ1n) is 5.66. The van der Waals surface area contributed by atoms with Gasteiger partial charge in [-0.15, -0.1) is 0 Å². The average Bonchev–Trinajstić information content (AvgIpc) is 2.34. The van der Waals surface area contributed by atoms with Gasteiger partial charge in [-0.05, 0) is 36.9 Å². The summed E-state index contributed by atoms with van der Waals surface area (Å²) in [5.74, 6) is -2.68. The van der Waals surface area contributed by atoms with Crippen LogP contribution >= 0.6 is 0 Å². The van der Waals surface area contributed by atoms with E-state index in [9.17, 15) is 13.2 Å². The van der Waals surface area contributed by atoms with Gasteiger partial charge in [-0.1, -0.05) is 6.07 Å². The topological polar surface area (TPSA) is 21.3 Å². The highest BCUT2D eigenvalue weighted by Gasteiger charge is 2.13. The molecule has 0 bridgehead atoms. The third-order valence-corrected chi connectivity index (χ3v) is 2.45. The number of benzene rings is 2. The van der Waals surface area contributed by atoms with Gasteiger partial charge >= 0.3 is 0 Å². The van der Waals surface area contributed by atoms with E-state index in [0.717, 1.165) is 6.07 Å². The summed E-state index contributed by atoms with van der Waals surface area (Å²) >= 11 is 0. The lowest BCUT2D eigenvalue weighted by Crippen LogP contribution is -2.06. The third kappa shape index (κ3) is 3.26. The second-order valence-corrected chi connectivity index (χ2v) is 3.98. The maximum atomic E-state index is 13.7. The Morgan fingerprint density at radius 2 is 1.74 bits per heavy atom. The molecule has 0 aliphatic rings. The molecule has 2 aromatic carbocycles. The molecule has 0 spiro atoms. The van der Waals surface area contributed by atoms with E-state index in [0.29, 0.717) is 12.1 Å². The first kappa shape index (κ1) is 13.4. The summed E-state index contributed by atoms with van der Waals surface area (Å²) in [5, 5.41) is 2.79. The first-order valence-corrected chi connectivity index (χ1v) is 5.66. The summed E-state index contributed by atoms with van der Waals surface area (Å²) in [6.07, 6.45) is 0. The van der Waals surface area contributed by atoms with E-state index < -0.39 is 23.2 Å². The van der Waals surface area contributed by atoms with Gasteiger partial charge in [0, 0.05) is 12.6 Å². The van der Waals surface area contributed by atoms with E-state index in [-0.39, 0.29) is 5.75 Å². The lowest BCUT2D eigenvalue weighted by molar-refractivity contribution is 0.404. The highest BCUT2D eigenvalue weighted by molar-refractivity contribution is 5.36. The van der Waals surface area contributed by atoms with E-state index in [2.05, 4.69) is 5.32 Å². The van der Waals surface area contributed by atoms with Crippen molar-refractivity contribution in [3.63, 3.8) is 0 Å². The monoisotopic (exact) mass is 267 g/mol. The third-order valence-electron chi connectivity index (χ3n) is 2.45. The highest BCUT2D eigenvalue weighted by Crippen LogP contribution is 2.28. The van der Waals surface area contributed by atoms with E-state index in [1.165, 1.54) is 30.3 Å². The van der Waals surface area contributed by atoms with Crippen LogP contribution in [0, 0.1) is 17.5 Å². The lowest BCUT2D eigenvalue weighted by atomic mass is 10.2. The number of ether oxygens (including phenoxy) is 1. The molecule has 0 atom stereocenters. The zero-order valence-electron chi connectivity index (χ0n) is 10.2. The minimum absolute atomic E-state index is 0.0409. The van der Waals surface area contributed by atoms with E-state index in [4.69, 9.17) is 4.74 Å². The SMILES string of the molecule is CNCc1cc(F)c(Oc2cccc(F)c2)c(F)c1. The molecule has 0 heterocycles. The van der Waals surface area contributed by atoms with Crippen LogP contribution in [-0.2, 0) is 6.54 Å². The molecule has 0 saturated heterocycles. The second-order valence-electron chi connectivity index (χ2n) is 3.98. The normalized spacial score (nSPS) is 10.5. The molecule has 0 aliphatic carbocycles. The van der Waals surface area contributed by atoms with Gasteiger partial charge in [-0.25, -0.2) is 13.2 Å². The Balaban J connectivity index is 2.30. The molecule has 100 valence electrons. The summed E-state index contributed by atoms with van der Waals surface area (Å²) in [4.78, 5) is 0. The zero-order valence-corrected chi connectivity index (χ0v) is 10.2. The highest BCUT2D eigenvalue weighted by atomic mass is 19.1. The van der Waals surface area contributed by atoms with Crippen molar-refractivity contribution >= 4 is 0 Å². The molecule has 0 radical (unpaired) electrons. The summed E-state index contributed by atoms with van der Waals surface area (Å²) in [6, 6.07) is 7.44. The number of halogens is 3. The van der Waals surface area contributed by atoms with E-state index in [1.807, 2.05) is 0 Å². The maximum absolute atomic E-state index is 13.7. The van der Waals surface area contributed by atoms with Crippen LogP contribution in [0.25, 0.3) is 0 Å². The molecule has 0 unspecified atom stereocenters. The van der Waals surface area contributed by atoms with Crippen LogP contribution in [-0.4, -0.2) is 7.05 Å². The molecular weight excluding hydrogens is 255 g/mol. The molecule has 0 aliphatic heterocycles. The molecule has 0 aromatic heterocycles. The maximum Gasteiger partial charge on any atom is 0.198 e. The molecular formula is C14H12F3NO. The average molecular weight is 267 g/mol. The van der Waals surface area contributed by atoms with Crippen LogP contribution in [0.1, 0.15) is 5.56 Å². The summed E-state index contributed by atoms with van der Waals surface area (Å²) in [7, 11) is 1.67. The largest absolute Gasteiger partial charge is 0.451 e. The van der Waals surface area contributed by atoms with Crippen LogP contribution in [0.5, 0.6) is 11.5 Å². The number of nitrogens with one attached hydrogen (secondary N) is 1. The predicted molar refractivity (Wildman–Crippen MR) is 65.6 cm³/mol. The van der Waals surface area contributed by atoms with Gasteiger partial charge in [-0.2, -0.15) is 0 Å². The van der Waals surface area contributed by atoms with Crippen molar-refractivity contribution in [2.75, 3.05) is 7.05 Å². The zero-order chi connectivity index (χ0) is 13.8. The van der Waals surface area contributed by atoms with Gasteiger partial charge in [0.2, 0.25) is 0 Å². The molecule has 0 saturated carbocycles. The Hall–Kier alpha value is -2.01. The molecule has 2 aromatic rings. The van der Waals surface area contributed by atoms with Crippen molar-refractivity contribution in [1.82, 2.24) is 5.32 Å². The van der Waals surface area contributed by atoms with Crippen LogP contribution in [0.2, 0.25) is 0 Å². The fourth-order valence-corrected chi connectivity index (χ4v) is 1.66. The van der Waals surface area contributed by atoms with Crippen molar-refractivity contribution in [2.24, 2.45) is 0 Å². The van der Waals surface area contributed by atoms with E-state index in [1.54, 1.807) is 7.05 Å². The molecule has 2 rings (SSSR count). The fraction of sp³-hybridized carbons (Fsp3) is 0.143. The molecule has 0 amide bonds. The Kier molecular flexibility index (Phi) is 4.06. The molecule has 19 heavy (non-hydrogen) atoms. The van der Waals surface area contributed by atoms with Gasteiger partial charge in [0.25, 0.3) is 0 Å². The van der Waals surface area contributed by atoms with Gasteiger partial charge < -0.3 is 10.1 Å². The number of rotatable bonds is 4. The van der Waals surface area contributed by atoms with Crippen LogP contribution in [0.3, 0.4) is 0 Å². The Morgan fingerprint density at radius 3 is 2.32 bits per heavy atom. The summed E-state index contributed by atoms with van der Waals surface area (Å²) in [6.45, 7) is 0.341. The van der Waals surface area contributed by atoms with Crippen molar-refractivity contribution in [2.45, 2.75) is 6.54 Å². The predicted octanol–water partition coefficient (Wildman–Crippen LogP) is 3.62. The second kappa shape index (κ2) is 5.75. The smallest absolute Gasteiger partial charge is 0.198 e. The first-order chi connectivity index (χ1) is 9.10. The minimum atomic E-state index is -0.825. The summed E-state index contributed by atoms with van der Waals surface area (Å²) in [5.41, 5.74) is 0.462.